The normalized spacial score (nSPS) is 16.6. The monoisotopic (exact) mass is 386 g/mol. The fraction of sp³-hybridized carbons (Fsp3) is 0.812. The Bertz CT molecular complexity index is 288. The van der Waals surface area contributed by atoms with Crippen LogP contribution in [0.25, 0.3) is 0 Å². The van der Waals surface area contributed by atoms with E-state index < -0.39 is 0 Å². The number of hydrogen-bond acceptors (Lipinski definition) is 9. The van der Waals surface area contributed by atoms with E-state index in [0.717, 1.165) is 27.1 Å². The summed E-state index contributed by atoms with van der Waals surface area (Å²) >= 11 is 1.80. The third kappa shape index (κ3) is 39.6. The molecule has 0 aromatic heterocycles. The Balaban J connectivity index is -0.0000000733. The number of aliphatic hydroxyl groups excluding tert-OH is 3. The zero-order valence-electron chi connectivity index (χ0n) is 17.1. The van der Waals surface area contributed by atoms with Gasteiger partial charge in [0.05, 0.1) is 18.0 Å². The second-order valence-electron chi connectivity index (χ2n) is 3.75. The van der Waals surface area contributed by atoms with Crippen LogP contribution in [0, 0.1) is 0 Å². The standard InChI is InChI=1S/C6H11NOS.C4H8O2.C3H7N.3CH4O/c1-4(8)6-3-9-5(2)7-6;1-3-6-4(2)5;1-3-4-2;3*1-2/h5-7H,3H2,1-2H3;3H2,1-2H3;3H,1-2H3;3*2H,1H3. The van der Waals surface area contributed by atoms with Crippen LogP contribution in [-0.2, 0) is 14.3 Å². The van der Waals surface area contributed by atoms with Crippen LogP contribution >= 0.6 is 11.8 Å². The van der Waals surface area contributed by atoms with Crippen LogP contribution < -0.4 is 5.32 Å². The number of nitrogens with one attached hydrogen (secondary N) is 1. The van der Waals surface area contributed by atoms with Crippen LogP contribution in [0.3, 0.4) is 0 Å². The Morgan fingerprint density at radius 2 is 1.60 bits per heavy atom. The van der Waals surface area contributed by atoms with Gasteiger partial charge in [-0.3, -0.25) is 14.9 Å². The number of Topliss-reactive ketones (excluding diaryl/α,β-unsaturated/α-hetero) is 1. The van der Waals surface area contributed by atoms with Crippen molar-refractivity contribution in [3.05, 3.63) is 0 Å². The van der Waals surface area contributed by atoms with Crippen molar-refractivity contribution in [2.24, 2.45) is 4.99 Å². The minimum Gasteiger partial charge on any atom is -0.466 e. The van der Waals surface area contributed by atoms with E-state index in [-0.39, 0.29) is 17.8 Å². The minimum absolute atomic E-state index is 0.116. The van der Waals surface area contributed by atoms with Gasteiger partial charge in [0, 0.05) is 41.1 Å². The molecule has 1 aliphatic heterocycles. The lowest BCUT2D eigenvalue weighted by Crippen LogP contribution is -2.33. The number of aliphatic imine (C=N–C) groups is 1. The summed E-state index contributed by atoms with van der Waals surface area (Å²) in [5.41, 5.74) is 0. The van der Waals surface area contributed by atoms with Crippen molar-refractivity contribution in [1.82, 2.24) is 5.32 Å². The highest BCUT2D eigenvalue weighted by molar-refractivity contribution is 8.00. The molecule has 8 nitrogen and oxygen atoms in total. The molecule has 154 valence electrons. The van der Waals surface area contributed by atoms with E-state index >= 15 is 0 Å². The van der Waals surface area contributed by atoms with E-state index in [1.807, 2.05) is 6.92 Å². The first-order chi connectivity index (χ1) is 11.9. The van der Waals surface area contributed by atoms with Crippen LogP contribution in [0.15, 0.2) is 4.99 Å². The second-order valence-corrected chi connectivity index (χ2v) is 5.12. The Kier molecular flexibility index (Phi) is 48.3. The maximum absolute atomic E-state index is 10.7. The van der Waals surface area contributed by atoms with Crippen molar-refractivity contribution in [1.29, 1.82) is 0 Å². The highest BCUT2D eigenvalue weighted by Crippen LogP contribution is 2.17. The smallest absolute Gasteiger partial charge is 0.302 e. The van der Waals surface area contributed by atoms with Crippen LogP contribution in [0.4, 0.5) is 0 Å². The van der Waals surface area contributed by atoms with Gasteiger partial charge in [0.1, 0.15) is 5.78 Å². The summed E-state index contributed by atoms with van der Waals surface area (Å²) in [6, 6.07) is 0.116. The van der Waals surface area contributed by atoms with Crippen LogP contribution in [0.5, 0.6) is 0 Å². The topological polar surface area (TPSA) is 128 Å². The number of thioether (sulfide) groups is 1. The lowest BCUT2D eigenvalue weighted by molar-refractivity contribution is -0.140. The highest BCUT2D eigenvalue weighted by atomic mass is 32.2. The predicted molar refractivity (Wildman–Crippen MR) is 106 cm³/mol. The zero-order valence-corrected chi connectivity index (χ0v) is 17.9. The van der Waals surface area contributed by atoms with Crippen LogP contribution in [0.2, 0.25) is 0 Å². The molecular weight excluding hydrogens is 348 g/mol. The van der Waals surface area contributed by atoms with Crippen molar-refractivity contribution in [2.75, 3.05) is 40.7 Å². The lowest BCUT2D eigenvalue weighted by Gasteiger charge is -2.04. The molecule has 9 heteroatoms. The van der Waals surface area contributed by atoms with Gasteiger partial charge < -0.3 is 25.0 Å². The first-order valence-corrected chi connectivity index (χ1v) is 8.66. The molecule has 0 bridgehead atoms. The van der Waals surface area contributed by atoms with Gasteiger partial charge in [0.15, 0.2) is 0 Å². The Morgan fingerprint density at radius 1 is 1.20 bits per heavy atom. The second kappa shape index (κ2) is 34.4. The number of aliphatic hydroxyl groups is 3. The summed E-state index contributed by atoms with van der Waals surface area (Å²) in [7, 11) is 4.75. The quantitative estimate of drug-likeness (QED) is 0.404. The van der Waals surface area contributed by atoms with Crippen molar-refractivity contribution in [3.63, 3.8) is 0 Å². The number of rotatable bonds is 2. The first kappa shape index (κ1) is 35.2. The van der Waals surface area contributed by atoms with Gasteiger partial charge in [-0.05, 0) is 33.9 Å². The van der Waals surface area contributed by atoms with E-state index in [4.69, 9.17) is 15.3 Å². The van der Waals surface area contributed by atoms with Crippen LogP contribution in [0.1, 0.15) is 34.6 Å². The SMILES string of the molecule is CC(=O)C1CSC(C)N1.CC=NC.CCOC(C)=O.CO.CO.CO. The number of esters is 1. The van der Waals surface area contributed by atoms with Gasteiger partial charge in [-0.25, -0.2) is 0 Å². The van der Waals surface area contributed by atoms with Crippen molar-refractivity contribution in [2.45, 2.75) is 46.0 Å². The van der Waals surface area contributed by atoms with Gasteiger partial charge in [0.25, 0.3) is 0 Å². The molecule has 1 aliphatic rings. The van der Waals surface area contributed by atoms with E-state index in [1.165, 1.54) is 6.92 Å². The van der Waals surface area contributed by atoms with Crippen molar-refractivity contribution < 1.29 is 29.6 Å². The number of carbonyl (C=O) groups is 2. The number of hydrogen-bond donors (Lipinski definition) is 4. The molecule has 0 saturated carbocycles. The third-order valence-electron chi connectivity index (χ3n) is 2.05. The fourth-order valence-electron chi connectivity index (χ4n) is 1.06. The molecule has 1 rings (SSSR count). The Labute approximate surface area is 157 Å². The van der Waals surface area contributed by atoms with Gasteiger partial charge in [-0.1, -0.05) is 0 Å². The number of ether oxygens (including phenoxy) is 1. The molecule has 1 heterocycles. The van der Waals surface area contributed by atoms with Crippen LogP contribution in [-0.4, -0.2) is 85.4 Å². The average Bonchev–Trinajstić information content (AvgIpc) is 3.08. The number of carbonyl (C=O) groups excluding carboxylic acids is 2. The molecule has 2 atom stereocenters. The van der Waals surface area contributed by atoms with Gasteiger partial charge in [-0.15, -0.1) is 11.8 Å². The summed E-state index contributed by atoms with van der Waals surface area (Å²) in [4.78, 5) is 24.1. The molecule has 0 aliphatic carbocycles. The van der Waals surface area contributed by atoms with Gasteiger partial charge >= 0.3 is 5.97 Å². The largest absolute Gasteiger partial charge is 0.466 e. The molecule has 0 amide bonds. The Hall–Kier alpha value is -1.00. The molecular formula is C16H38N2O6S. The van der Waals surface area contributed by atoms with E-state index in [9.17, 15) is 9.59 Å². The number of nitrogens with zero attached hydrogens (tertiary/aromatic N) is 1. The lowest BCUT2D eigenvalue weighted by atomic mass is 10.2. The molecule has 0 aromatic rings. The van der Waals surface area contributed by atoms with Crippen molar-refractivity contribution in [3.8, 4) is 0 Å². The summed E-state index contributed by atoms with van der Waals surface area (Å²) in [5.74, 6) is 0.987. The molecule has 0 aromatic carbocycles. The third-order valence-corrected chi connectivity index (χ3v) is 3.21. The summed E-state index contributed by atoms with van der Waals surface area (Å²) < 4.78 is 4.40. The average molecular weight is 387 g/mol. The maximum Gasteiger partial charge on any atom is 0.302 e. The first-order valence-electron chi connectivity index (χ1n) is 7.61. The minimum atomic E-state index is -0.211. The molecule has 0 radical (unpaired) electrons. The predicted octanol–water partition coefficient (Wildman–Crippen LogP) is 0.728. The van der Waals surface area contributed by atoms with E-state index in [2.05, 4.69) is 22.0 Å². The van der Waals surface area contributed by atoms with Gasteiger partial charge in [-0.2, -0.15) is 0 Å². The van der Waals surface area contributed by atoms with E-state index in [1.54, 1.807) is 38.9 Å². The van der Waals surface area contributed by atoms with Crippen molar-refractivity contribution >= 4 is 29.7 Å². The zero-order chi connectivity index (χ0) is 21.3. The summed E-state index contributed by atoms with van der Waals surface area (Å²) in [6.07, 6.45) is 1.75. The molecule has 1 saturated heterocycles. The van der Waals surface area contributed by atoms with E-state index in [0.29, 0.717) is 12.0 Å². The summed E-state index contributed by atoms with van der Waals surface area (Å²) in [5, 5.41) is 24.6. The van der Waals surface area contributed by atoms with Gasteiger partial charge in [0.2, 0.25) is 0 Å². The fourth-order valence-corrected chi connectivity index (χ4v) is 2.13. The molecule has 4 N–H and O–H groups in total. The summed E-state index contributed by atoms with van der Waals surface area (Å²) in [6.45, 7) is 9.25. The number of ketones is 1. The molecule has 0 spiro atoms. The highest BCUT2D eigenvalue weighted by Gasteiger charge is 2.23. The Morgan fingerprint density at radius 3 is 1.68 bits per heavy atom. The molecule has 1 fully saturated rings. The maximum atomic E-state index is 10.7. The molecule has 2 unspecified atom stereocenters. The molecule has 25 heavy (non-hydrogen) atoms.